The van der Waals surface area contributed by atoms with Crippen molar-refractivity contribution in [3.8, 4) is 0 Å². The van der Waals surface area contributed by atoms with E-state index in [0.717, 1.165) is 50.4 Å². The molecule has 2 N–H and O–H groups in total. The summed E-state index contributed by atoms with van der Waals surface area (Å²) >= 11 is 0. The average Bonchev–Trinajstić information content (AvgIpc) is 3.10. The standard InChI is InChI=1S/C31H54O2/c1-9-31(33)19-18-28(6)22(20-31)12-16-30(8)25-11-10-23(29(25,7)17-14-26(28)30)21(2)24(32)13-15-27(3,4)5/h12,21,23-26,32-33H,9-11,13-20H2,1-8H3/t21-,23+,24+,25+,26+,28-,29+,30-,31-/m0/s1. The second-order valence-electron chi connectivity index (χ2n) is 15.0. The zero-order valence-corrected chi connectivity index (χ0v) is 23.1. The molecule has 0 aliphatic heterocycles. The van der Waals surface area contributed by atoms with Gasteiger partial charge in [-0.1, -0.05) is 67.0 Å². The molecule has 9 atom stereocenters. The summed E-state index contributed by atoms with van der Waals surface area (Å²) in [6.07, 6.45) is 14.8. The second kappa shape index (κ2) is 8.36. The van der Waals surface area contributed by atoms with Crippen molar-refractivity contribution in [1.29, 1.82) is 0 Å². The monoisotopic (exact) mass is 458 g/mol. The van der Waals surface area contributed by atoms with Crippen LogP contribution in [0.4, 0.5) is 0 Å². The third-order valence-electron chi connectivity index (χ3n) is 12.0. The van der Waals surface area contributed by atoms with Crippen LogP contribution in [0, 0.1) is 45.3 Å². The molecule has 4 rings (SSSR count). The molecule has 2 nitrogen and oxygen atoms in total. The number of rotatable bonds is 5. The first-order valence-corrected chi connectivity index (χ1v) is 14.3. The molecule has 0 saturated heterocycles. The van der Waals surface area contributed by atoms with E-state index in [1.54, 1.807) is 5.57 Å². The third-order valence-corrected chi connectivity index (χ3v) is 12.0. The van der Waals surface area contributed by atoms with Crippen LogP contribution in [0.3, 0.4) is 0 Å². The number of aliphatic hydroxyl groups is 2. The molecule has 190 valence electrons. The molecular weight excluding hydrogens is 404 g/mol. The molecule has 33 heavy (non-hydrogen) atoms. The number of allylic oxidation sites excluding steroid dienone is 1. The molecule has 0 aromatic carbocycles. The van der Waals surface area contributed by atoms with Crippen LogP contribution in [0.2, 0.25) is 0 Å². The maximum atomic E-state index is 11.2. The first-order valence-electron chi connectivity index (χ1n) is 14.3. The molecule has 4 aliphatic rings. The van der Waals surface area contributed by atoms with Gasteiger partial charge in [0.15, 0.2) is 0 Å². The van der Waals surface area contributed by atoms with E-state index in [2.05, 4.69) is 61.5 Å². The first kappa shape index (κ1) is 25.7. The Kier molecular flexibility index (Phi) is 6.52. The minimum Gasteiger partial charge on any atom is -0.393 e. The zero-order valence-electron chi connectivity index (χ0n) is 23.1. The minimum absolute atomic E-state index is 0.171. The highest BCUT2D eigenvalue weighted by molar-refractivity contribution is 5.29. The maximum absolute atomic E-state index is 11.2. The minimum atomic E-state index is -0.473. The predicted octanol–water partition coefficient (Wildman–Crippen LogP) is 7.92. The summed E-state index contributed by atoms with van der Waals surface area (Å²) in [6, 6.07) is 0. The van der Waals surface area contributed by atoms with Gasteiger partial charge in [0.2, 0.25) is 0 Å². The Balaban J connectivity index is 1.56. The largest absolute Gasteiger partial charge is 0.393 e. The summed E-state index contributed by atoms with van der Waals surface area (Å²) in [5, 5.41) is 22.2. The molecule has 2 heteroatoms. The highest BCUT2D eigenvalue weighted by Crippen LogP contribution is 2.72. The fraction of sp³-hybridized carbons (Fsp3) is 0.935. The fourth-order valence-corrected chi connectivity index (χ4v) is 9.69. The lowest BCUT2D eigenvalue weighted by atomic mass is 9.41. The van der Waals surface area contributed by atoms with Gasteiger partial charge in [-0.2, -0.15) is 0 Å². The van der Waals surface area contributed by atoms with E-state index in [0.29, 0.717) is 28.1 Å². The van der Waals surface area contributed by atoms with Gasteiger partial charge in [-0.3, -0.25) is 0 Å². The fourth-order valence-electron chi connectivity index (χ4n) is 9.69. The molecule has 0 aromatic rings. The van der Waals surface area contributed by atoms with E-state index in [1.165, 1.54) is 32.1 Å². The maximum Gasteiger partial charge on any atom is 0.0682 e. The summed E-state index contributed by atoms with van der Waals surface area (Å²) in [6.45, 7) is 19.1. The van der Waals surface area contributed by atoms with Crippen LogP contribution in [0.1, 0.15) is 126 Å². The third kappa shape index (κ3) is 4.18. The van der Waals surface area contributed by atoms with Crippen LogP contribution in [0.25, 0.3) is 0 Å². The molecule has 3 fully saturated rings. The number of hydrogen-bond acceptors (Lipinski definition) is 2. The van der Waals surface area contributed by atoms with Crippen LogP contribution in [-0.4, -0.2) is 21.9 Å². The highest BCUT2D eigenvalue weighted by atomic mass is 16.3. The van der Waals surface area contributed by atoms with Crippen molar-refractivity contribution in [2.75, 3.05) is 0 Å². The molecule has 0 spiro atoms. The number of aliphatic hydroxyl groups excluding tert-OH is 1. The SMILES string of the molecule is CC[C@]1(O)CC[C@@]2(C)C(=CC[C@@]3(C)[C@@H]4CC[C@H]([C@H](C)[C@H](O)CCC(C)(C)C)[C@@]4(C)CC[C@@H]32)C1. The van der Waals surface area contributed by atoms with Crippen LogP contribution in [0.15, 0.2) is 11.6 Å². The van der Waals surface area contributed by atoms with Crippen molar-refractivity contribution in [1.82, 2.24) is 0 Å². The van der Waals surface area contributed by atoms with Gasteiger partial charge < -0.3 is 10.2 Å². The highest BCUT2D eigenvalue weighted by Gasteiger charge is 2.64. The van der Waals surface area contributed by atoms with E-state index in [4.69, 9.17) is 0 Å². The van der Waals surface area contributed by atoms with E-state index < -0.39 is 5.60 Å². The molecule has 0 aromatic heterocycles. The molecule has 0 radical (unpaired) electrons. The number of hydrogen-bond donors (Lipinski definition) is 2. The lowest BCUT2D eigenvalue weighted by Gasteiger charge is -2.64. The summed E-state index contributed by atoms with van der Waals surface area (Å²) in [7, 11) is 0. The molecule has 0 amide bonds. The smallest absolute Gasteiger partial charge is 0.0682 e. The van der Waals surface area contributed by atoms with Crippen LogP contribution in [0.5, 0.6) is 0 Å². The summed E-state index contributed by atoms with van der Waals surface area (Å²) in [4.78, 5) is 0. The Labute approximate surface area is 205 Å². The van der Waals surface area contributed by atoms with Gasteiger partial charge in [0.25, 0.3) is 0 Å². The Morgan fingerprint density at radius 1 is 1.00 bits per heavy atom. The van der Waals surface area contributed by atoms with Crippen LogP contribution in [-0.2, 0) is 0 Å². The van der Waals surface area contributed by atoms with Gasteiger partial charge >= 0.3 is 0 Å². The second-order valence-corrected chi connectivity index (χ2v) is 15.0. The molecule has 4 aliphatic carbocycles. The van der Waals surface area contributed by atoms with Crippen molar-refractivity contribution in [2.24, 2.45) is 45.3 Å². The van der Waals surface area contributed by atoms with Gasteiger partial charge in [-0.15, -0.1) is 0 Å². The summed E-state index contributed by atoms with van der Waals surface area (Å²) in [5.41, 5.74) is 2.38. The summed E-state index contributed by atoms with van der Waals surface area (Å²) in [5.74, 6) is 2.53. The Hall–Kier alpha value is -0.340. The van der Waals surface area contributed by atoms with Gasteiger partial charge in [-0.05, 0) is 116 Å². The normalized spacial score (nSPS) is 47.2. The summed E-state index contributed by atoms with van der Waals surface area (Å²) < 4.78 is 0. The van der Waals surface area contributed by atoms with E-state index in [9.17, 15) is 10.2 Å². The van der Waals surface area contributed by atoms with Gasteiger partial charge in [0.05, 0.1) is 11.7 Å². The van der Waals surface area contributed by atoms with E-state index in [-0.39, 0.29) is 11.5 Å². The van der Waals surface area contributed by atoms with Crippen molar-refractivity contribution in [3.05, 3.63) is 11.6 Å². The lowest BCUT2D eigenvalue weighted by Crippen LogP contribution is -2.57. The Morgan fingerprint density at radius 2 is 1.70 bits per heavy atom. The van der Waals surface area contributed by atoms with E-state index >= 15 is 0 Å². The molecule has 0 unspecified atom stereocenters. The molecular formula is C31H54O2. The molecule has 0 heterocycles. The first-order chi connectivity index (χ1) is 15.2. The molecule has 3 saturated carbocycles. The lowest BCUT2D eigenvalue weighted by molar-refractivity contribution is -0.127. The molecule has 0 bridgehead atoms. The van der Waals surface area contributed by atoms with E-state index in [1.807, 2.05) is 0 Å². The van der Waals surface area contributed by atoms with Crippen molar-refractivity contribution >= 4 is 0 Å². The van der Waals surface area contributed by atoms with Gasteiger partial charge in [0.1, 0.15) is 0 Å². The van der Waals surface area contributed by atoms with Gasteiger partial charge in [-0.25, -0.2) is 0 Å². The van der Waals surface area contributed by atoms with Crippen molar-refractivity contribution in [2.45, 2.75) is 138 Å². The van der Waals surface area contributed by atoms with Crippen molar-refractivity contribution in [3.63, 3.8) is 0 Å². The Bertz CT molecular complexity index is 763. The predicted molar refractivity (Wildman–Crippen MR) is 139 cm³/mol. The van der Waals surface area contributed by atoms with Crippen molar-refractivity contribution < 1.29 is 10.2 Å². The Morgan fingerprint density at radius 3 is 2.33 bits per heavy atom. The number of fused-ring (bicyclic) bond motifs is 5. The van der Waals surface area contributed by atoms with Crippen LogP contribution < -0.4 is 0 Å². The van der Waals surface area contributed by atoms with Crippen LogP contribution >= 0.6 is 0 Å². The topological polar surface area (TPSA) is 40.5 Å². The zero-order chi connectivity index (χ0) is 24.4. The quantitative estimate of drug-likeness (QED) is 0.411. The average molecular weight is 459 g/mol. The van der Waals surface area contributed by atoms with Gasteiger partial charge in [0, 0.05) is 0 Å².